The second-order valence-electron chi connectivity index (χ2n) is 6.62. The Kier molecular flexibility index (Phi) is 4.73. The molecule has 0 radical (unpaired) electrons. The minimum absolute atomic E-state index is 0.0304. The van der Waals surface area contributed by atoms with Crippen LogP contribution in [0.25, 0.3) is 0 Å². The summed E-state index contributed by atoms with van der Waals surface area (Å²) in [6.07, 6.45) is 1.71. The largest absolute Gasteiger partial charge is 0.443 e. The molecule has 6 heteroatoms. The highest BCUT2D eigenvalue weighted by Crippen LogP contribution is 2.23. The van der Waals surface area contributed by atoms with Crippen molar-refractivity contribution in [3.8, 4) is 0 Å². The zero-order valence-corrected chi connectivity index (χ0v) is 14.1. The number of anilines is 1. The van der Waals surface area contributed by atoms with E-state index in [0.29, 0.717) is 18.1 Å². The number of oxazole rings is 1. The van der Waals surface area contributed by atoms with E-state index in [1.807, 2.05) is 20.8 Å². The summed E-state index contributed by atoms with van der Waals surface area (Å²) in [4.78, 5) is 17.5. The first-order valence-corrected chi connectivity index (χ1v) is 7.39. The molecule has 0 aliphatic carbocycles. The predicted molar refractivity (Wildman–Crippen MR) is 86.9 cm³/mol. The van der Waals surface area contributed by atoms with E-state index in [1.54, 1.807) is 26.4 Å². The van der Waals surface area contributed by atoms with Crippen LogP contribution in [-0.4, -0.2) is 29.9 Å². The molecular formula is C17H22FN3O2. The van der Waals surface area contributed by atoms with E-state index in [0.717, 1.165) is 5.76 Å². The summed E-state index contributed by atoms with van der Waals surface area (Å²) in [5.41, 5.74) is 0.557. The topological polar surface area (TPSA) is 58.4 Å². The molecule has 1 aromatic carbocycles. The van der Waals surface area contributed by atoms with Gasteiger partial charge in [-0.3, -0.25) is 4.79 Å². The number of aromatic nitrogens is 1. The van der Waals surface area contributed by atoms with Crippen molar-refractivity contribution < 1.29 is 13.6 Å². The van der Waals surface area contributed by atoms with Crippen LogP contribution < -0.4 is 5.32 Å². The lowest BCUT2D eigenvalue weighted by molar-refractivity contribution is 0.0823. The van der Waals surface area contributed by atoms with E-state index >= 15 is 0 Å². The molecule has 0 spiro atoms. The number of hydrogen-bond donors (Lipinski definition) is 1. The maximum Gasteiger partial charge on any atom is 0.256 e. The average molecular weight is 319 g/mol. The molecule has 0 unspecified atom stereocenters. The molecule has 1 aromatic heterocycles. The number of carbonyl (C=O) groups excluding carboxylic acids is 1. The molecule has 1 N–H and O–H groups in total. The summed E-state index contributed by atoms with van der Waals surface area (Å²) in [5.74, 6) is 0.425. The van der Waals surface area contributed by atoms with Crippen molar-refractivity contribution in [3.63, 3.8) is 0 Å². The summed E-state index contributed by atoms with van der Waals surface area (Å²) >= 11 is 0. The molecule has 0 atom stereocenters. The first-order valence-electron chi connectivity index (χ1n) is 7.39. The van der Waals surface area contributed by atoms with Gasteiger partial charge in [0.2, 0.25) is 5.89 Å². The Morgan fingerprint density at radius 1 is 1.35 bits per heavy atom. The molecule has 23 heavy (non-hydrogen) atoms. The number of hydrogen-bond acceptors (Lipinski definition) is 4. The van der Waals surface area contributed by atoms with E-state index in [2.05, 4.69) is 10.3 Å². The maximum atomic E-state index is 13.8. The zero-order valence-electron chi connectivity index (χ0n) is 14.1. The van der Waals surface area contributed by atoms with Crippen molar-refractivity contribution in [2.24, 2.45) is 0 Å². The van der Waals surface area contributed by atoms with E-state index in [4.69, 9.17) is 4.42 Å². The van der Waals surface area contributed by atoms with Crippen LogP contribution in [0.2, 0.25) is 0 Å². The van der Waals surface area contributed by atoms with Crippen LogP contribution >= 0.6 is 0 Å². The van der Waals surface area contributed by atoms with Gasteiger partial charge >= 0.3 is 0 Å². The Morgan fingerprint density at radius 3 is 2.61 bits per heavy atom. The maximum absolute atomic E-state index is 13.8. The lowest BCUT2D eigenvalue weighted by Crippen LogP contribution is -2.23. The van der Waals surface area contributed by atoms with Crippen molar-refractivity contribution in [2.45, 2.75) is 32.7 Å². The molecule has 1 amide bonds. The van der Waals surface area contributed by atoms with Gasteiger partial charge < -0.3 is 14.6 Å². The fourth-order valence-corrected chi connectivity index (χ4v) is 1.96. The Bertz CT molecular complexity index is 702. The van der Waals surface area contributed by atoms with Crippen molar-refractivity contribution >= 4 is 11.6 Å². The lowest BCUT2D eigenvalue weighted by atomic mass is 9.94. The summed E-state index contributed by atoms with van der Waals surface area (Å²) in [6, 6.07) is 4.34. The van der Waals surface area contributed by atoms with Gasteiger partial charge in [0.15, 0.2) is 0 Å². The highest BCUT2D eigenvalue weighted by atomic mass is 19.1. The van der Waals surface area contributed by atoms with Crippen LogP contribution in [0.15, 0.2) is 28.8 Å². The number of nitrogens with one attached hydrogen (secondary N) is 1. The van der Waals surface area contributed by atoms with Gasteiger partial charge in [-0.25, -0.2) is 9.37 Å². The lowest BCUT2D eigenvalue weighted by Gasteiger charge is -2.13. The molecule has 0 aliphatic rings. The number of benzene rings is 1. The van der Waals surface area contributed by atoms with Crippen LogP contribution in [0.1, 0.15) is 42.8 Å². The summed E-state index contributed by atoms with van der Waals surface area (Å²) in [5, 5.41) is 3.09. The van der Waals surface area contributed by atoms with Crippen molar-refractivity contribution in [1.82, 2.24) is 9.88 Å². The Morgan fingerprint density at radius 2 is 2.04 bits per heavy atom. The molecule has 5 nitrogen and oxygen atoms in total. The Hall–Kier alpha value is -2.37. The monoisotopic (exact) mass is 319 g/mol. The van der Waals surface area contributed by atoms with E-state index < -0.39 is 5.82 Å². The normalized spacial score (nSPS) is 11.4. The van der Waals surface area contributed by atoms with Gasteiger partial charge in [-0.1, -0.05) is 20.8 Å². The van der Waals surface area contributed by atoms with Gasteiger partial charge in [0.1, 0.15) is 11.6 Å². The number of nitrogens with zero attached hydrogens (tertiary/aromatic N) is 2. The second kappa shape index (κ2) is 6.40. The average Bonchev–Trinajstić information content (AvgIpc) is 2.94. The molecule has 0 aliphatic heterocycles. The summed E-state index contributed by atoms with van der Waals surface area (Å²) in [7, 11) is 3.17. The van der Waals surface area contributed by atoms with Crippen LogP contribution in [0, 0.1) is 5.82 Å². The molecule has 2 rings (SSSR count). The van der Waals surface area contributed by atoms with Gasteiger partial charge in [-0.2, -0.15) is 0 Å². The smallest absolute Gasteiger partial charge is 0.256 e. The van der Waals surface area contributed by atoms with Gasteiger partial charge in [-0.15, -0.1) is 0 Å². The third kappa shape index (κ3) is 4.09. The third-order valence-electron chi connectivity index (χ3n) is 3.34. The molecule has 0 saturated carbocycles. The molecule has 1 heterocycles. The Labute approximate surface area is 135 Å². The van der Waals surface area contributed by atoms with E-state index in [-0.39, 0.29) is 16.9 Å². The van der Waals surface area contributed by atoms with Crippen LogP contribution in [0.3, 0.4) is 0 Å². The standard InChI is InChI=1S/C17H22FN3O2/c1-17(2,3)14-9-20-15(23-14)10-19-11-6-7-13(18)12(8-11)16(22)21(4)5/h6-9,19H,10H2,1-5H3. The molecule has 0 fully saturated rings. The predicted octanol–water partition coefficient (Wildman–Crippen LogP) is 3.43. The van der Waals surface area contributed by atoms with Crippen molar-refractivity contribution in [1.29, 1.82) is 0 Å². The van der Waals surface area contributed by atoms with Crippen LogP contribution in [0.5, 0.6) is 0 Å². The molecule has 2 aromatic rings. The third-order valence-corrected chi connectivity index (χ3v) is 3.34. The minimum Gasteiger partial charge on any atom is -0.443 e. The van der Waals surface area contributed by atoms with Crippen molar-refractivity contribution in [2.75, 3.05) is 19.4 Å². The van der Waals surface area contributed by atoms with Gasteiger partial charge in [0, 0.05) is 25.2 Å². The first-order chi connectivity index (χ1) is 10.7. The van der Waals surface area contributed by atoms with Gasteiger partial charge in [0.05, 0.1) is 18.3 Å². The summed E-state index contributed by atoms with van der Waals surface area (Å²) < 4.78 is 19.5. The molecule has 0 bridgehead atoms. The van der Waals surface area contributed by atoms with E-state index in [1.165, 1.54) is 17.0 Å². The molecular weight excluding hydrogens is 297 g/mol. The highest BCUT2D eigenvalue weighted by Gasteiger charge is 2.19. The van der Waals surface area contributed by atoms with Crippen molar-refractivity contribution in [3.05, 3.63) is 47.4 Å². The fourth-order valence-electron chi connectivity index (χ4n) is 1.96. The fraction of sp³-hybridized carbons (Fsp3) is 0.412. The van der Waals surface area contributed by atoms with Crippen LogP contribution in [-0.2, 0) is 12.0 Å². The molecule has 0 saturated heterocycles. The number of rotatable bonds is 4. The zero-order chi connectivity index (χ0) is 17.2. The second-order valence-corrected chi connectivity index (χ2v) is 6.62. The minimum atomic E-state index is -0.541. The molecule has 124 valence electrons. The Balaban J connectivity index is 2.11. The van der Waals surface area contributed by atoms with Gasteiger partial charge in [-0.05, 0) is 18.2 Å². The number of carbonyl (C=O) groups is 1. The number of halogens is 1. The van der Waals surface area contributed by atoms with Gasteiger partial charge in [0.25, 0.3) is 5.91 Å². The summed E-state index contributed by atoms with van der Waals surface area (Å²) in [6.45, 7) is 6.49. The first kappa shape index (κ1) is 17.0. The SMILES string of the molecule is CN(C)C(=O)c1cc(NCc2ncc(C(C)(C)C)o2)ccc1F. The number of amides is 1. The highest BCUT2D eigenvalue weighted by molar-refractivity contribution is 5.95. The quantitative estimate of drug-likeness (QED) is 0.938. The van der Waals surface area contributed by atoms with Crippen LogP contribution in [0.4, 0.5) is 10.1 Å². The van der Waals surface area contributed by atoms with E-state index in [9.17, 15) is 9.18 Å².